The summed E-state index contributed by atoms with van der Waals surface area (Å²) in [7, 11) is 3.44. The number of halogens is 1. The highest BCUT2D eigenvalue weighted by Crippen LogP contribution is 2.19. The lowest BCUT2D eigenvalue weighted by molar-refractivity contribution is 0.414. The van der Waals surface area contributed by atoms with E-state index >= 15 is 0 Å². The maximum absolute atomic E-state index is 5.19. The van der Waals surface area contributed by atoms with Gasteiger partial charge < -0.3 is 15.4 Å². The standard InChI is InChI=1S/C20H25N5OS.HI/c1-15(19-5-4-12-27-19)13-22-20(21-2)23-14-16-10-11-25(24-16)17-6-8-18(26-3)9-7-17;/h4-12,15H,13-14H2,1-3H3,(H2,21,22,23);1H. The van der Waals surface area contributed by atoms with Crippen LogP contribution in [0.4, 0.5) is 0 Å². The average Bonchev–Trinajstić information content (AvgIpc) is 3.40. The number of hydrogen-bond acceptors (Lipinski definition) is 4. The molecule has 2 N–H and O–H groups in total. The predicted molar refractivity (Wildman–Crippen MR) is 126 cm³/mol. The van der Waals surface area contributed by atoms with Crippen LogP contribution >= 0.6 is 35.3 Å². The van der Waals surface area contributed by atoms with Crippen LogP contribution in [-0.2, 0) is 6.54 Å². The molecule has 0 bridgehead atoms. The lowest BCUT2D eigenvalue weighted by atomic mass is 10.1. The number of nitrogens with one attached hydrogen (secondary N) is 2. The largest absolute Gasteiger partial charge is 0.497 e. The second-order valence-corrected chi connectivity index (χ2v) is 7.15. The van der Waals surface area contributed by atoms with Crippen molar-refractivity contribution in [1.29, 1.82) is 0 Å². The van der Waals surface area contributed by atoms with Gasteiger partial charge in [-0.05, 0) is 41.8 Å². The predicted octanol–water partition coefficient (Wildman–Crippen LogP) is 4.03. The highest BCUT2D eigenvalue weighted by Gasteiger charge is 2.08. The van der Waals surface area contributed by atoms with Crippen LogP contribution in [0.15, 0.2) is 59.0 Å². The van der Waals surface area contributed by atoms with Crippen molar-refractivity contribution in [1.82, 2.24) is 20.4 Å². The van der Waals surface area contributed by atoms with Crippen LogP contribution in [0.1, 0.15) is 23.4 Å². The molecule has 0 aliphatic heterocycles. The zero-order chi connectivity index (χ0) is 19.1. The first-order chi connectivity index (χ1) is 13.2. The summed E-state index contributed by atoms with van der Waals surface area (Å²) >= 11 is 1.78. The average molecular weight is 511 g/mol. The Balaban J connectivity index is 0.00000280. The van der Waals surface area contributed by atoms with Crippen LogP contribution in [0.3, 0.4) is 0 Å². The zero-order valence-electron chi connectivity index (χ0n) is 16.3. The van der Waals surface area contributed by atoms with Crippen LogP contribution in [-0.4, -0.2) is 36.4 Å². The Morgan fingerprint density at radius 2 is 2.00 bits per heavy atom. The number of nitrogens with zero attached hydrogens (tertiary/aromatic N) is 3. The van der Waals surface area contributed by atoms with Gasteiger partial charge in [0, 0.05) is 30.6 Å². The SMILES string of the molecule is CN=C(NCc1ccn(-c2ccc(OC)cc2)n1)NCC(C)c1cccs1.I. The summed E-state index contributed by atoms with van der Waals surface area (Å²) in [6.07, 6.45) is 1.95. The fourth-order valence-electron chi connectivity index (χ4n) is 2.65. The number of guanidine groups is 1. The highest BCUT2D eigenvalue weighted by atomic mass is 127. The molecule has 1 atom stereocenters. The Morgan fingerprint density at radius 1 is 1.21 bits per heavy atom. The molecule has 0 radical (unpaired) electrons. The Bertz CT molecular complexity index is 861. The van der Waals surface area contributed by atoms with Crippen molar-refractivity contribution < 1.29 is 4.74 Å². The molecule has 0 spiro atoms. The first-order valence-electron chi connectivity index (χ1n) is 8.86. The minimum Gasteiger partial charge on any atom is -0.497 e. The van der Waals surface area contributed by atoms with Gasteiger partial charge in [-0.2, -0.15) is 5.10 Å². The van der Waals surface area contributed by atoms with Crippen LogP contribution in [0, 0.1) is 0 Å². The van der Waals surface area contributed by atoms with Gasteiger partial charge in [-0.15, -0.1) is 35.3 Å². The molecule has 6 nitrogen and oxygen atoms in total. The van der Waals surface area contributed by atoms with E-state index in [9.17, 15) is 0 Å². The van der Waals surface area contributed by atoms with E-state index in [0.29, 0.717) is 12.5 Å². The van der Waals surface area contributed by atoms with Crippen molar-refractivity contribution in [3.05, 3.63) is 64.6 Å². The number of aliphatic imine (C=N–C) groups is 1. The van der Waals surface area contributed by atoms with Gasteiger partial charge in [-0.1, -0.05) is 13.0 Å². The number of ether oxygens (including phenoxy) is 1. The number of benzene rings is 1. The second-order valence-electron chi connectivity index (χ2n) is 6.17. The van der Waals surface area contributed by atoms with Gasteiger partial charge >= 0.3 is 0 Å². The third-order valence-electron chi connectivity index (χ3n) is 4.25. The van der Waals surface area contributed by atoms with Crippen LogP contribution in [0.2, 0.25) is 0 Å². The second kappa shape index (κ2) is 11.1. The van der Waals surface area contributed by atoms with E-state index in [0.717, 1.165) is 29.6 Å². The molecule has 1 unspecified atom stereocenters. The van der Waals surface area contributed by atoms with Gasteiger partial charge in [0.25, 0.3) is 0 Å². The molecule has 0 saturated heterocycles. The number of rotatable bonds is 7. The van der Waals surface area contributed by atoms with Crippen molar-refractivity contribution in [3.8, 4) is 11.4 Å². The van der Waals surface area contributed by atoms with Gasteiger partial charge in [0.2, 0.25) is 0 Å². The number of hydrogen-bond donors (Lipinski definition) is 2. The summed E-state index contributed by atoms with van der Waals surface area (Å²) in [5.74, 6) is 2.05. The van der Waals surface area contributed by atoms with Gasteiger partial charge in [-0.3, -0.25) is 4.99 Å². The Hall–Kier alpha value is -2.07. The summed E-state index contributed by atoms with van der Waals surface area (Å²) in [6, 6.07) is 14.1. The third kappa shape index (κ3) is 5.96. The summed E-state index contributed by atoms with van der Waals surface area (Å²) in [5, 5.41) is 13.4. The van der Waals surface area contributed by atoms with Crippen molar-refractivity contribution in [2.24, 2.45) is 4.99 Å². The van der Waals surface area contributed by atoms with Gasteiger partial charge in [0.05, 0.1) is 25.0 Å². The minimum atomic E-state index is 0. The van der Waals surface area contributed by atoms with E-state index in [4.69, 9.17) is 4.74 Å². The number of thiophene rings is 1. The molecular formula is C20H26IN5OS. The molecule has 28 heavy (non-hydrogen) atoms. The summed E-state index contributed by atoms with van der Waals surface area (Å²) in [5.41, 5.74) is 1.94. The van der Waals surface area contributed by atoms with Crippen LogP contribution in [0.5, 0.6) is 5.75 Å². The minimum absolute atomic E-state index is 0. The number of aromatic nitrogens is 2. The Kier molecular flexibility index (Phi) is 8.78. The van der Waals surface area contributed by atoms with E-state index in [1.54, 1.807) is 25.5 Å². The molecule has 0 amide bonds. The first-order valence-corrected chi connectivity index (χ1v) is 9.74. The molecule has 1 aromatic carbocycles. The lowest BCUT2D eigenvalue weighted by Gasteiger charge is -2.14. The maximum atomic E-state index is 5.19. The molecule has 2 heterocycles. The first kappa shape index (κ1) is 22.2. The fourth-order valence-corrected chi connectivity index (χ4v) is 3.44. The van der Waals surface area contributed by atoms with Crippen molar-refractivity contribution >= 4 is 41.3 Å². The third-order valence-corrected chi connectivity index (χ3v) is 5.35. The van der Waals surface area contributed by atoms with E-state index in [1.807, 2.05) is 41.2 Å². The van der Waals surface area contributed by atoms with Crippen molar-refractivity contribution in [2.45, 2.75) is 19.4 Å². The normalized spacial score (nSPS) is 12.2. The monoisotopic (exact) mass is 511 g/mol. The molecule has 0 aliphatic rings. The van der Waals surface area contributed by atoms with Gasteiger partial charge in [-0.25, -0.2) is 4.68 Å². The fraction of sp³-hybridized carbons (Fsp3) is 0.300. The van der Waals surface area contributed by atoms with E-state index in [1.165, 1.54) is 4.88 Å². The van der Waals surface area contributed by atoms with Gasteiger partial charge in [0.15, 0.2) is 5.96 Å². The molecule has 3 rings (SSSR count). The quantitative estimate of drug-likeness (QED) is 0.286. The zero-order valence-corrected chi connectivity index (χ0v) is 19.4. The van der Waals surface area contributed by atoms with Gasteiger partial charge in [0.1, 0.15) is 5.75 Å². The summed E-state index contributed by atoms with van der Waals surface area (Å²) in [6.45, 7) is 3.65. The van der Waals surface area contributed by atoms with Crippen molar-refractivity contribution in [2.75, 3.05) is 20.7 Å². The smallest absolute Gasteiger partial charge is 0.191 e. The molecule has 150 valence electrons. The molecular weight excluding hydrogens is 485 g/mol. The molecule has 0 saturated carbocycles. The molecule has 8 heteroatoms. The molecule has 2 aromatic heterocycles. The number of methoxy groups -OCH3 is 1. The molecule has 0 fully saturated rings. The summed E-state index contributed by atoms with van der Waals surface area (Å²) < 4.78 is 7.04. The maximum Gasteiger partial charge on any atom is 0.191 e. The summed E-state index contributed by atoms with van der Waals surface area (Å²) in [4.78, 5) is 5.66. The molecule has 3 aromatic rings. The van der Waals surface area contributed by atoms with Crippen molar-refractivity contribution in [3.63, 3.8) is 0 Å². The van der Waals surface area contributed by atoms with E-state index in [2.05, 4.69) is 45.2 Å². The van der Waals surface area contributed by atoms with E-state index < -0.39 is 0 Å². The Labute approximate surface area is 187 Å². The van der Waals surface area contributed by atoms with E-state index in [-0.39, 0.29) is 24.0 Å². The highest BCUT2D eigenvalue weighted by molar-refractivity contribution is 14.0. The van der Waals surface area contributed by atoms with Crippen LogP contribution < -0.4 is 15.4 Å². The topological polar surface area (TPSA) is 63.5 Å². The molecule has 0 aliphatic carbocycles. The lowest BCUT2D eigenvalue weighted by Crippen LogP contribution is -2.38. The Morgan fingerprint density at radius 3 is 2.64 bits per heavy atom. The van der Waals surface area contributed by atoms with Crippen LogP contribution in [0.25, 0.3) is 5.69 Å².